The normalized spacial score (nSPS) is 12.2. The number of hydrogen-bond acceptors (Lipinski definition) is 2. The van der Waals surface area contributed by atoms with Crippen molar-refractivity contribution in [2.45, 2.75) is 12.8 Å². The van der Waals surface area contributed by atoms with Gasteiger partial charge in [0.15, 0.2) is 5.71 Å². The maximum absolute atomic E-state index is 12.9. The molecule has 0 aliphatic rings. The van der Waals surface area contributed by atoms with Crippen molar-refractivity contribution in [2.24, 2.45) is 5.16 Å². The number of benzene rings is 2. The van der Waals surface area contributed by atoms with Crippen LogP contribution in [0.4, 0.5) is 13.2 Å². The minimum absolute atomic E-state index is 0.00669. The molecule has 0 unspecified atom stereocenters. The number of rotatable bonds is 4. The minimum Gasteiger partial charge on any atom is -0.390 e. The molecule has 0 bridgehead atoms. The zero-order valence-corrected chi connectivity index (χ0v) is 10.5. The topological polar surface area (TPSA) is 21.6 Å². The fourth-order valence-electron chi connectivity index (χ4n) is 1.61. The van der Waals surface area contributed by atoms with Crippen LogP contribution in [-0.4, -0.2) is 11.9 Å². The molecule has 0 amide bonds. The summed E-state index contributed by atoms with van der Waals surface area (Å²) in [4.78, 5) is 4.83. The summed E-state index contributed by atoms with van der Waals surface area (Å²) in [5, 5.41) is 3.25. The average molecular weight is 279 g/mol. The zero-order valence-electron chi connectivity index (χ0n) is 10.5. The van der Waals surface area contributed by atoms with Crippen LogP contribution in [-0.2, 0) is 11.4 Å². The molecule has 0 atom stereocenters. The summed E-state index contributed by atoms with van der Waals surface area (Å²) >= 11 is 0. The molecule has 0 radical (unpaired) electrons. The van der Waals surface area contributed by atoms with Gasteiger partial charge in [0.05, 0.1) is 0 Å². The van der Waals surface area contributed by atoms with E-state index in [0.717, 1.165) is 5.56 Å². The average Bonchev–Trinajstić information content (AvgIpc) is 2.44. The van der Waals surface area contributed by atoms with Crippen molar-refractivity contribution in [3.05, 3.63) is 71.8 Å². The van der Waals surface area contributed by atoms with E-state index in [1.165, 1.54) is 24.3 Å². The molecule has 2 aromatic rings. The van der Waals surface area contributed by atoms with E-state index < -0.39 is 11.9 Å². The van der Waals surface area contributed by atoms with Crippen LogP contribution in [0.3, 0.4) is 0 Å². The lowest BCUT2D eigenvalue weighted by Gasteiger charge is -2.10. The Morgan fingerprint density at radius 1 is 0.900 bits per heavy atom. The molecule has 0 saturated carbocycles. The number of oxime groups is 1. The maximum atomic E-state index is 12.9. The number of alkyl halides is 3. The van der Waals surface area contributed by atoms with E-state index in [1.54, 1.807) is 30.3 Å². The molecule has 2 rings (SSSR count). The van der Waals surface area contributed by atoms with Gasteiger partial charge >= 0.3 is 6.18 Å². The predicted octanol–water partition coefficient (Wildman–Crippen LogP) is 4.17. The maximum Gasteiger partial charge on any atom is 0.437 e. The second-order valence-electron chi connectivity index (χ2n) is 4.06. The van der Waals surface area contributed by atoms with Crippen molar-refractivity contribution in [3.63, 3.8) is 0 Å². The minimum atomic E-state index is -4.56. The van der Waals surface area contributed by atoms with Gasteiger partial charge in [0, 0.05) is 5.56 Å². The van der Waals surface area contributed by atoms with Crippen LogP contribution >= 0.6 is 0 Å². The van der Waals surface area contributed by atoms with E-state index in [4.69, 9.17) is 4.84 Å². The van der Waals surface area contributed by atoms with Crippen molar-refractivity contribution in [3.8, 4) is 0 Å². The molecule has 2 aromatic carbocycles. The van der Waals surface area contributed by atoms with Gasteiger partial charge in [0.25, 0.3) is 0 Å². The van der Waals surface area contributed by atoms with Gasteiger partial charge in [-0.3, -0.25) is 0 Å². The zero-order chi connectivity index (χ0) is 14.4. The van der Waals surface area contributed by atoms with Gasteiger partial charge in [-0.05, 0) is 5.56 Å². The first-order chi connectivity index (χ1) is 9.57. The molecule has 0 aliphatic carbocycles. The van der Waals surface area contributed by atoms with E-state index in [-0.39, 0.29) is 12.2 Å². The molecule has 0 aromatic heterocycles. The Kier molecular flexibility index (Phi) is 4.40. The first-order valence-corrected chi connectivity index (χ1v) is 5.94. The fraction of sp³-hybridized carbons (Fsp3) is 0.133. The Balaban J connectivity index is 2.14. The van der Waals surface area contributed by atoms with Gasteiger partial charge in [-0.1, -0.05) is 65.8 Å². The van der Waals surface area contributed by atoms with Gasteiger partial charge in [0.2, 0.25) is 0 Å². The van der Waals surface area contributed by atoms with Crippen molar-refractivity contribution < 1.29 is 18.0 Å². The number of halogens is 3. The third-order valence-electron chi connectivity index (χ3n) is 2.55. The first-order valence-electron chi connectivity index (χ1n) is 5.94. The molecule has 20 heavy (non-hydrogen) atoms. The van der Waals surface area contributed by atoms with Crippen LogP contribution in [0.25, 0.3) is 0 Å². The van der Waals surface area contributed by atoms with Crippen LogP contribution in [0, 0.1) is 0 Å². The molecule has 0 heterocycles. The summed E-state index contributed by atoms with van der Waals surface area (Å²) < 4.78 is 38.8. The van der Waals surface area contributed by atoms with Gasteiger partial charge in [-0.25, -0.2) is 0 Å². The summed E-state index contributed by atoms with van der Waals surface area (Å²) in [6.07, 6.45) is -4.56. The number of hydrogen-bond donors (Lipinski definition) is 0. The molecular formula is C15H12F3NO. The largest absolute Gasteiger partial charge is 0.437 e. The molecule has 0 aliphatic heterocycles. The van der Waals surface area contributed by atoms with E-state index in [2.05, 4.69) is 5.16 Å². The quantitative estimate of drug-likeness (QED) is 0.608. The Labute approximate surface area is 114 Å². The summed E-state index contributed by atoms with van der Waals surface area (Å²) in [6, 6.07) is 16.3. The molecule has 5 heteroatoms. The second-order valence-corrected chi connectivity index (χ2v) is 4.06. The van der Waals surface area contributed by atoms with Crippen LogP contribution < -0.4 is 0 Å². The standard InChI is InChI=1S/C15H12F3NO/c16-15(17,18)14(13-9-5-2-6-10-13)19-20-11-12-7-3-1-4-8-12/h1-10H,11H2/b19-14+. The van der Waals surface area contributed by atoms with Crippen molar-refractivity contribution in [1.29, 1.82) is 0 Å². The highest BCUT2D eigenvalue weighted by Crippen LogP contribution is 2.22. The van der Waals surface area contributed by atoms with Crippen molar-refractivity contribution in [1.82, 2.24) is 0 Å². The third-order valence-corrected chi connectivity index (χ3v) is 2.55. The van der Waals surface area contributed by atoms with Gasteiger partial charge in [-0.2, -0.15) is 13.2 Å². The van der Waals surface area contributed by atoms with Crippen LogP contribution in [0.5, 0.6) is 0 Å². The van der Waals surface area contributed by atoms with Crippen molar-refractivity contribution >= 4 is 5.71 Å². The van der Waals surface area contributed by atoms with Gasteiger partial charge < -0.3 is 4.84 Å². The number of nitrogens with zero attached hydrogens (tertiary/aromatic N) is 1. The van der Waals surface area contributed by atoms with E-state index in [9.17, 15) is 13.2 Å². The lowest BCUT2D eigenvalue weighted by molar-refractivity contribution is -0.0618. The van der Waals surface area contributed by atoms with Crippen LogP contribution in [0.1, 0.15) is 11.1 Å². The van der Waals surface area contributed by atoms with Crippen molar-refractivity contribution in [2.75, 3.05) is 0 Å². The monoisotopic (exact) mass is 279 g/mol. The highest BCUT2D eigenvalue weighted by Gasteiger charge is 2.37. The Bertz CT molecular complexity index is 565. The Morgan fingerprint density at radius 2 is 1.45 bits per heavy atom. The third kappa shape index (κ3) is 3.85. The summed E-state index contributed by atoms with van der Waals surface area (Å²) in [5.41, 5.74) is -0.298. The van der Waals surface area contributed by atoms with E-state index in [0.29, 0.717) is 0 Å². The Hall–Kier alpha value is -2.30. The second kappa shape index (κ2) is 6.23. The SMILES string of the molecule is FC(F)(F)/C(=N/OCc1ccccc1)c1ccccc1. The molecule has 104 valence electrons. The molecule has 0 N–H and O–H groups in total. The lowest BCUT2D eigenvalue weighted by atomic mass is 10.1. The highest BCUT2D eigenvalue weighted by atomic mass is 19.4. The highest BCUT2D eigenvalue weighted by molar-refractivity contribution is 6.04. The predicted molar refractivity (Wildman–Crippen MR) is 70.3 cm³/mol. The summed E-state index contributed by atoms with van der Waals surface area (Å²) in [7, 11) is 0. The smallest absolute Gasteiger partial charge is 0.390 e. The fourth-order valence-corrected chi connectivity index (χ4v) is 1.61. The molecule has 0 fully saturated rings. The summed E-state index contributed by atoms with van der Waals surface area (Å²) in [5.74, 6) is 0. The molecular weight excluding hydrogens is 267 g/mol. The molecule has 0 spiro atoms. The molecule has 2 nitrogen and oxygen atoms in total. The van der Waals surface area contributed by atoms with E-state index in [1.807, 2.05) is 6.07 Å². The van der Waals surface area contributed by atoms with Crippen LogP contribution in [0.2, 0.25) is 0 Å². The van der Waals surface area contributed by atoms with Gasteiger partial charge in [-0.15, -0.1) is 0 Å². The lowest BCUT2D eigenvalue weighted by Crippen LogP contribution is -2.24. The summed E-state index contributed by atoms with van der Waals surface area (Å²) in [6.45, 7) is -0.00669. The first kappa shape index (κ1) is 14.1. The van der Waals surface area contributed by atoms with E-state index >= 15 is 0 Å². The van der Waals surface area contributed by atoms with Gasteiger partial charge in [0.1, 0.15) is 6.61 Å². The molecule has 0 saturated heterocycles. The Morgan fingerprint density at radius 3 is 2.00 bits per heavy atom. The van der Waals surface area contributed by atoms with Crippen LogP contribution in [0.15, 0.2) is 65.8 Å².